The van der Waals surface area contributed by atoms with E-state index in [2.05, 4.69) is 0 Å². The summed E-state index contributed by atoms with van der Waals surface area (Å²) in [6.45, 7) is 2.01. The third-order valence-electron chi connectivity index (χ3n) is 3.05. The number of rotatable bonds is 5. The van der Waals surface area contributed by atoms with Gasteiger partial charge in [0.1, 0.15) is 17.1 Å². The van der Waals surface area contributed by atoms with Crippen LogP contribution in [0.4, 0.5) is 0 Å². The fourth-order valence-corrected chi connectivity index (χ4v) is 3.05. The van der Waals surface area contributed by atoms with Gasteiger partial charge < -0.3 is 9.47 Å². The van der Waals surface area contributed by atoms with Gasteiger partial charge in [-0.25, -0.2) is 0 Å². The number of hydrogen-bond acceptors (Lipinski definition) is 3. The Morgan fingerprint density at radius 1 is 0.952 bits per heavy atom. The standard InChI is InChI=1S/C16H17O3P.Li/c1-11-7-4-5-10-14(11)20-16(17)15-12(18-2)8-6-9-13(15)19-3;/h4-10,20H,1-3H3;/q;+1. The summed E-state index contributed by atoms with van der Waals surface area (Å²) in [5, 5.41) is 1.05. The molecule has 0 saturated carbocycles. The summed E-state index contributed by atoms with van der Waals surface area (Å²) in [5.74, 6) is 1.10. The van der Waals surface area contributed by atoms with Crippen LogP contribution in [0.5, 0.6) is 11.5 Å². The topological polar surface area (TPSA) is 35.5 Å². The number of carbonyl (C=O) groups is 1. The van der Waals surface area contributed by atoms with E-state index in [-0.39, 0.29) is 33.0 Å². The first-order chi connectivity index (χ1) is 9.67. The van der Waals surface area contributed by atoms with Gasteiger partial charge in [0.2, 0.25) is 0 Å². The van der Waals surface area contributed by atoms with Crippen molar-refractivity contribution in [3.8, 4) is 11.5 Å². The molecule has 5 heteroatoms. The van der Waals surface area contributed by atoms with Crippen molar-refractivity contribution in [1.82, 2.24) is 0 Å². The fraction of sp³-hybridized carbons (Fsp3) is 0.188. The molecule has 0 radical (unpaired) electrons. The average molecular weight is 295 g/mol. The van der Waals surface area contributed by atoms with Gasteiger partial charge in [0.05, 0.1) is 14.2 Å². The molecule has 0 aliphatic heterocycles. The van der Waals surface area contributed by atoms with E-state index < -0.39 is 0 Å². The maximum Gasteiger partial charge on any atom is 1.00 e. The first kappa shape index (κ1) is 17.8. The van der Waals surface area contributed by atoms with Crippen molar-refractivity contribution < 1.29 is 33.1 Å². The van der Waals surface area contributed by atoms with E-state index in [4.69, 9.17) is 9.47 Å². The summed E-state index contributed by atoms with van der Waals surface area (Å²) in [6, 6.07) is 13.3. The Labute approximate surface area is 139 Å². The van der Waals surface area contributed by atoms with Gasteiger partial charge in [-0.15, -0.1) is 0 Å². The Morgan fingerprint density at radius 2 is 1.52 bits per heavy atom. The van der Waals surface area contributed by atoms with Gasteiger partial charge in [-0.1, -0.05) is 30.3 Å². The molecule has 0 spiro atoms. The van der Waals surface area contributed by atoms with Crippen LogP contribution in [-0.2, 0) is 0 Å². The van der Waals surface area contributed by atoms with Crippen LogP contribution in [0.25, 0.3) is 0 Å². The minimum atomic E-state index is 0. The Hall–Kier alpha value is -1.26. The van der Waals surface area contributed by atoms with E-state index in [1.165, 1.54) is 0 Å². The zero-order valence-electron chi connectivity index (χ0n) is 12.8. The molecule has 1 unspecified atom stereocenters. The molecule has 0 aliphatic carbocycles. The smallest absolute Gasteiger partial charge is 0.496 e. The molecule has 0 aromatic heterocycles. The molecule has 0 amide bonds. The Balaban J connectivity index is 0.00000220. The predicted molar refractivity (Wildman–Crippen MR) is 83.0 cm³/mol. The molecular weight excluding hydrogens is 278 g/mol. The summed E-state index contributed by atoms with van der Waals surface area (Å²) in [6.07, 6.45) is 0. The molecule has 0 heterocycles. The molecule has 0 bridgehead atoms. The number of benzene rings is 2. The maximum atomic E-state index is 12.6. The van der Waals surface area contributed by atoms with E-state index in [1.54, 1.807) is 26.4 Å². The second-order valence-corrected chi connectivity index (χ2v) is 5.55. The van der Waals surface area contributed by atoms with E-state index in [9.17, 15) is 4.79 Å². The SMILES string of the molecule is COc1cccc(OC)c1C(=O)Pc1ccccc1C.[Li+]. The molecular formula is C16H17LiO3P+. The zero-order valence-corrected chi connectivity index (χ0v) is 13.8. The van der Waals surface area contributed by atoms with E-state index in [0.717, 1.165) is 10.9 Å². The van der Waals surface area contributed by atoms with Crippen molar-refractivity contribution in [1.29, 1.82) is 0 Å². The van der Waals surface area contributed by atoms with Crippen LogP contribution in [0.1, 0.15) is 15.9 Å². The summed E-state index contributed by atoms with van der Waals surface area (Å²) < 4.78 is 10.6. The summed E-state index contributed by atoms with van der Waals surface area (Å²) in [7, 11) is 3.17. The van der Waals surface area contributed by atoms with Crippen molar-refractivity contribution in [2.45, 2.75) is 6.92 Å². The van der Waals surface area contributed by atoms with Gasteiger partial charge in [-0.2, -0.15) is 0 Å². The van der Waals surface area contributed by atoms with E-state index in [1.807, 2.05) is 37.3 Å². The average Bonchev–Trinajstić information content (AvgIpc) is 2.48. The van der Waals surface area contributed by atoms with Crippen LogP contribution in [0, 0.1) is 6.92 Å². The molecule has 0 aliphatic rings. The third-order valence-corrected chi connectivity index (χ3v) is 4.36. The molecule has 2 aromatic rings. The second-order valence-electron chi connectivity index (χ2n) is 4.31. The van der Waals surface area contributed by atoms with Gasteiger partial charge >= 0.3 is 18.9 Å². The molecule has 0 fully saturated rings. The first-order valence-corrected chi connectivity index (χ1v) is 7.25. The van der Waals surface area contributed by atoms with Crippen LogP contribution in [-0.4, -0.2) is 19.7 Å². The molecule has 2 rings (SSSR count). The fourth-order valence-electron chi connectivity index (χ4n) is 1.97. The molecule has 3 nitrogen and oxygen atoms in total. The predicted octanol–water partition coefficient (Wildman–Crippen LogP) is 0.160. The Kier molecular flexibility index (Phi) is 6.98. The maximum absolute atomic E-state index is 12.6. The number of hydrogen-bond donors (Lipinski definition) is 0. The van der Waals surface area contributed by atoms with Crippen LogP contribution in [0.15, 0.2) is 42.5 Å². The van der Waals surface area contributed by atoms with E-state index >= 15 is 0 Å². The molecule has 21 heavy (non-hydrogen) atoms. The van der Waals surface area contributed by atoms with Gasteiger partial charge in [-0.3, -0.25) is 4.79 Å². The van der Waals surface area contributed by atoms with Crippen molar-refractivity contribution in [3.05, 3.63) is 53.6 Å². The normalized spacial score (nSPS) is 10.2. The second kappa shape index (κ2) is 8.25. The summed E-state index contributed by atoms with van der Waals surface area (Å²) in [5.41, 5.74) is 1.65. The Bertz CT molecular complexity index is 606. The van der Waals surface area contributed by atoms with Crippen LogP contribution >= 0.6 is 8.58 Å². The minimum Gasteiger partial charge on any atom is -0.496 e. The molecule has 0 saturated heterocycles. The number of carbonyl (C=O) groups excluding carboxylic acids is 1. The molecule has 0 N–H and O–H groups in total. The molecule has 1 atom stereocenters. The van der Waals surface area contributed by atoms with Gasteiger partial charge in [0, 0.05) is 0 Å². The van der Waals surface area contributed by atoms with Crippen molar-refractivity contribution in [2.24, 2.45) is 0 Å². The Morgan fingerprint density at radius 3 is 2.05 bits per heavy atom. The van der Waals surface area contributed by atoms with Crippen molar-refractivity contribution in [2.75, 3.05) is 14.2 Å². The number of aryl methyl sites for hydroxylation is 1. The zero-order chi connectivity index (χ0) is 14.5. The quantitative estimate of drug-likeness (QED) is 0.582. The molecule has 2 aromatic carbocycles. The summed E-state index contributed by atoms with van der Waals surface area (Å²) >= 11 is 0. The monoisotopic (exact) mass is 295 g/mol. The molecule has 104 valence electrons. The van der Waals surface area contributed by atoms with Crippen LogP contribution < -0.4 is 33.6 Å². The van der Waals surface area contributed by atoms with Gasteiger partial charge in [0.25, 0.3) is 0 Å². The van der Waals surface area contributed by atoms with Crippen LogP contribution in [0.3, 0.4) is 0 Å². The largest absolute Gasteiger partial charge is 1.00 e. The third kappa shape index (κ3) is 4.11. The summed E-state index contributed by atoms with van der Waals surface area (Å²) in [4.78, 5) is 12.6. The first-order valence-electron chi connectivity index (χ1n) is 6.25. The van der Waals surface area contributed by atoms with Crippen molar-refractivity contribution >= 4 is 19.4 Å². The van der Waals surface area contributed by atoms with Gasteiger partial charge in [-0.05, 0) is 38.5 Å². The number of ether oxygens (including phenoxy) is 2. The van der Waals surface area contributed by atoms with Crippen LogP contribution in [0.2, 0.25) is 0 Å². The number of methoxy groups -OCH3 is 2. The van der Waals surface area contributed by atoms with Gasteiger partial charge in [0.15, 0.2) is 5.52 Å². The minimum absolute atomic E-state index is 0. The van der Waals surface area contributed by atoms with E-state index in [0.29, 0.717) is 17.1 Å². The van der Waals surface area contributed by atoms with Crippen molar-refractivity contribution in [3.63, 3.8) is 0 Å².